The van der Waals surface area contributed by atoms with Crippen LogP contribution >= 0.6 is 0 Å². The summed E-state index contributed by atoms with van der Waals surface area (Å²) in [6.45, 7) is 21.0. The van der Waals surface area contributed by atoms with Crippen LogP contribution in [0.5, 0.6) is 46.0 Å². The molecule has 2 aliphatic rings. The number of carbonyl (C=O) groups excluding carboxylic acids is 4. The molecule has 0 bridgehead atoms. The highest BCUT2D eigenvalue weighted by Gasteiger charge is 2.16. The summed E-state index contributed by atoms with van der Waals surface area (Å²) in [5.74, 6) is 3.07. The van der Waals surface area contributed by atoms with Gasteiger partial charge in [-0.15, -0.1) is 11.5 Å². The number of rotatable bonds is 26. The Morgan fingerprint density at radius 2 is 0.558 bits per heavy atom. The van der Waals surface area contributed by atoms with Crippen LogP contribution in [0.4, 0.5) is 0 Å². The molecule has 16 nitrogen and oxygen atoms in total. The third-order valence-electron chi connectivity index (χ3n) is 11.5. The molecule has 0 fully saturated rings. The van der Waals surface area contributed by atoms with Gasteiger partial charge in [0.2, 0.25) is 27.2 Å². The summed E-state index contributed by atoms with van der Waals surface area (Å²) in [7, 11) is 0. The van der Waals surface area contributed by atoms with E-state index in [0.29, 0.717) is 57.1 Å². The Bertz CT molecular complexity index is 3860. The second-order valence-electron chi connectivity index (χ2n) is 17.3. The highest BCUT2D eigenvalue weighted by Crippen LogP contribution is 2.30. The van der Waals surface area contributed by atoms with E-state index >= 15 is 0 Å². The van der Waals surface area contributed by atoms with E-state index in [4.69, 9.17) is 56.8 Å². The van der Waals surface area contributed by atoms with E-state index in [1.54, 1.807) is 60.7 Å². The van der Waals surface area contributed by atoms with Crippen LogP contribution in [0.25, 0.3) is 43.8 Å². The van der Waals surface area contributed by atoms with E-state index < -0.39 is 11.9 Å². The van der Waals surface area contributed by atoms with Gasteiger partial charge < -0.3 is 56.8 Å². The van der Waals surface area contributed by atoms with Crippen molar-refractivity contribution in [2.24, 2.45) is 0 Å². The maximum atomic E-state index is 11.5. The third-order valence-corrected chi connectivity index (χ3v) is 11.5. The standard InChI is InChI=1S/C19H14O4.C18H16O4.C17H12O4.C16H14O4/c1-2-21-13-22-17-9-5-14(6-10-17)15-7-11-18(12-8-15)23-19(20)16-3-4-16;1-3-18(19)22-17-11-7-15(8-12-17)14-5-9-16(10-6-14)21-13-20-4-2;1-2-19-11-20-15-7-5-14-10-16(8-6-13(14)9-15)21-17(18)12-3-4-12;1-3-16(17)20-15-8-6-12-9-14(19-11-18-4-2)7-5-13(12)10-15/h2-3,5-12H,1,13H2;3-12H,1-2,13H2;2-3,5-10H,1,11H2;3-10H,1-2,11H2. The SMILES string of the molecule is C=COCOc1ccc(-c2ccc(OC(=O)C3=C=C3)cc2)cc1.C=COCOc1ccc(-c2ccc(OC(=O)C=C)cc2)cc1.C=COCOc1ccc2cc(OC(=O)C3=C=C3)ccc2c1.C=COCOc1ccc2cc(OC(=O)C=C)ccc2c1. The summed E-state index contributed by atoms with van der Waals surface area (Å²) in [4.78, 5) is 45.3. The Balaban J connectivity index is 0.000000164. The van der Waals surface area contributed by atoms with Crippen molar-refractivity contribution >= 4 is 45.4 Å². The van der Waals surface area contributed by atoms with E-state index in [2.05, 4.69) is 50.9 Å². The smallest absolute Gasteiger partial charge is 0.352 e. The van der Waals surface area contributed by atoms with Crippen LogP contribution in [0.15, 0.2) is 281 Å². The molecule has 0 heterocycles. The quantitative estimate of drug-likeness (QED) is 0.00949. The molecule has 8 aromatic carbocycles. The lowest BCUT2D eigenvalue weighted by molar-refractivity contribution is -0.130. The largest absolute Gasteiger partial charge is 0.466 e. The average Bonchev–Trinajstić information content (AvgIpc) is 4.58. The minimum absolute atomic E-state index is 0.115. The molecular formula is C70H56O16. The molecule has 10 rings (SSSR count). The Hall–Kier alpha value is -12.0. The number of fused-ring (bicyclic) bond motifs is 2. The van der Waals surface area contributed by atoms with E-state index in [1.165, 1.54) is 25.0 Å². The minimum Gasteiger partial charge on any atom is -0.466 e. The lowest BCUT2D eigenvalue weighted by Crippen LogP contribution is -2.05. The zero-order valence-corrected chi connectivity index (χ0v) is 46.4. The van der Waals surface area contributed by atoms with Crippen LogP contribution in [-0.4, -0.2) is 51.0 Å². The summed E-state index contributed by atoms with van der Waals surface area (Å²) in [5, 5.41) is 3.85. The summed E-state index contributed by atoms with van der Waals surface area (Å²) in [5.41, 5.74) is 10.5. The van der Waals surface area contributed by atoms with Crippen molar-refractivity contribution in [1.82, 2.24) is 0 Å². The fourth-order valence-corrected chi connectivity index (χ4v) is 7.18. The van der Waals surface area contributed by atoms with E-state index in [0.717, 1.165) is 56.0 Å². The second kappa shape index (κ2) is 32.5. The number of hydrogen-bond donors (Lipinski definition) is 0. The molecular weight excluding hydrogens is 1100 g/mol. The van der Waals surface area contributed by atoms with Crippen molar-refractivity contribution < 1.29 is 76.0 Å². The first-order chi connectivity index (χ1) is 42.0. The average molecular weight is 1150 g/mol. The van der Waals surface area contributed by atoms with E-state index in [-0.39, 0.29) is 39.1 Å². The van der Waals surface area contributed by atoms with Crippen molar-refractivity contribution in [3.8, 4) is 68.2 Å². The van der Waals surface area contributed by atoms with Gasteiger partial charge in [-0.05, 0) is 141 Å². The van der Waals surface area contributed by atoms with E-state index in [1.807, 2.05) is 121 Å². The Labute approximate surface area is 496 Å². The van der Waals surface area contributed by atoms with Crippen molar-refractivity contribution in [3.05, 3.63) is 281 Å². The Morgan fingerprint density at radius 3 is 0.872 bits per heavy atom. The monoisotopic (exact) mass is 1150 g/mol. The van der Waals surface area contributed by atoms with Crippen LogP contribution in [0.3, 0.4) is 0 Å². The van der Waals surface area contributed by atoms with Crippen molar-refractivity contribution in [3.63, 3.8) is 0 Å². The summed E-state index contributed by atoms with van der Waals surface area (Å²) < 4.78 is 61.6. The number of carbonyl (C=O) groups is 4. The normalized spacial score (nSPS) is 10.7. The van der Waals surface area contributed by atoms with Crippen LogP contribution < -0.4 is 37.9 Å². The number of hydrogen-bond acceptors (Lipinski definition) is 16. The van der Waals surface area contributed by atoms with Crippen LogP contribution in [0.2, 0.25) is 0 Å². The number of benzene rings is 8. The van der Waals surface area contributed by atoms with Gasteiger partial charge in [0.15, 0.2) is 0 Å². The van der Waals surface area contributed by atoms with Crippen LogP contribution in [0.1, 0.15) is 0 Å². The Morgan fingerprint density at radius 1 is 0.314 bits per heavy atom. The third kappa shape index (κ3) is 20.2. The second-order valence-corrected chi connectivity index (χ2v) is 17.3. The van der Waals surface area contributed by atoms with Gasteiger partial charge in [0.1, 0.15) is 57.1 Å². The summed E-state index contributed by atoms with van der Waals surface area (Å²) in [6.07, 6.45) is 10.8. The molecule has 2 aliphatic carbocycles. The van der Waals surface area contributed by atoms with Gasteiger partial charge in [-0.25, -0.2) is 19.2 Å². The van der Waals surface area contributed by atoms with Crippen molar-refractivity contribution in [2.45, 2.75) is 0 Å². The molecule has 0 saturated heterocycles. The molecule has 432 valence electrons. The van der Waals surface area contributed by atoms with Crippen LogP contribution in [0, 0.1) is 0 Å². The number of ether oxygens (including phenoxy) is 12. The topological polar surface area (TPSA) is 179 Å². The maximum absolute atomic E-state index is 11.5. The molecule has 0 amide bonds. The van der Waals surface area contributed by atoms with Gasteiger partial charge in [-0.1, -0.05) is 112 Å². The van der Waals surface area contributed by atoms with Crippen molar-refractivity contribution in [1.29, 1.82) is 0 Å². The first-order valence-electron chi connectivity index (χ1n) is 25.9. The highest BCUT2D eigenvalue weighted by atomic mass is 16.7. The first kappa shape index (κ1) is 61.7. The molecule has 0 saturated carbocycles. The maximum Gasteiger partial charge on any atom is 0.352 e. The first-order valence-corrected chi connectivity index (χ1v) is 25.9. The molecule has 0 atom stereocenters. The predicted molar refractivity (Wildman–Crippen MR) is 325 cm³/mol. The van der Waals surface area contributed by atoms with Crippen LogP contribution in [-0.2, 0) is 38.1 Å². The predicted octanol–water partition coefficient (Wildman–Crippen LogP) is 14.6. The van der Waals surface area contributed by atoms with Gasteiger partial charge in [-0.3, -0.25) is 0 Å². The highest BCUT2D eigenvalue weighted by molar-refractivity contribution is 5.98. The van der Waals surface area contributed by atoms with Gasteiger partial charge >= 0.3 is 23.9 Å². The minimum atomic E-state index is -0.481. The molecule has 0 unspecified atom stereocenters. The molecule has 0 radical (unpaired) electrons. The van der Waals surface area contributed by atoms with Gasteiger partial charge in [0, 0.05) is 24.3 Å². The molecule has 16 heteroatoms. The van der Waals surface area contributed by atoms with Gasteiger partial charge in [-0.2, -0.15) is 0 Å². The molecule has 0 spiro atoms. The molecule has 86 heavy (non-hydrogen) atoms. The fourth-order valence-electron chi connectivity index (χ4n) is 7.18. The van der Waals surface area contributed by atoms with Crippen molar-refractivity contribution in [2.75, 3.05) is 27.2 Å². The summed E-state index contributed by atoms with van der Waals surface area (Å²) in [6, 6.07) is 51.7. The molecule has 8 aromatic rings. The van der Waals surface area contributed by atoms with Gasteiger partial charge in [0.05, 0.1) is 25.0 Å². The molecule has 0 aromatic heterocycles. The zero-order valence-electron chi connectivity index (χ0n) is 46.4. The summed E-state index contributed by atoms with van der Waals surface area (Å²) >= 11 is 0. The lowest BCUT2D eigenvalue weighted by Gasteiger charge is -2.08. The fraction of sp³-hybridized carbons (Fsp3) is 0.0571. The number of esters is 4. The zero-order chi connectivity index (χ0) is 60.9. The molecule has 0 N–H and O–H groups in total. The van der Waals surface area contributed by atoms with E-state index in [9.17, 15) is 19.2 Å². The van der Waals surface area contributed by atoms with Gasteiger partial charge in [0.25, 0.3) is 0 Å². The molecule has 0 aliphatic heterocycles. The lowest BCUT2D eigenvalue weighted by atomic mass is 10.1. The Kier molecular flexibility index (Phi) is 23.3.